The molecule has 0 aliphatic rings. The SMILES string of the molecule is CNC(=O)CCN(C)C(=O)Cn1cnc(N)n1. The third-order valence-electron chi connectivity index (χ3n) is 2.23. The third kappa shape index (κ3) is 4.09. The van der Waals surface area contributed by atoms with E-state index in [1.165, 1.54) is 15.9 Å². The van der Waals surface area contributed by atoms with Crippen molar-refractivity contribution in [2.75, 3.05) is 26.4 Å². The van der Waals surface area contributed by atoms with E-state index in [-0.39, 0.29) is 30.7 Å². The molecule has 1 aromatic rings. The van der Waals surface area contributed by atoms with Gasteiger partial charge in [-0.25, -0.2) is 9.67 Å². The molecule has 0 saturated carbocycles. The molecule has 0 saturated heterocycles. The van der Waals surface area contributed by atoms with Crippen molar-refractivity contribution >= 4 is 17.8 Å². The lowest BCUT2D eigenvalue weighted by molar-refractivity contribution is -0.131. The Balaban J connectivity index is 2.39. The molecule has 0 aromatic carbocycles. The van der Waals surface area contributed by atoms with Gasteiger partial charge in [0.25, 0.3) is 0 Å². The van der Waals surface area contributed by atoms with E-state index in [2.05, 4.69) is 15.4 Å². The van der Waals surface area contributed by atoms with E-state index >= 15 is 0 Å². The molecule has 1 aromatic heterocycles. The molecule has 0 spiro atoms. The third-order valence-corrected chi connectivity index (χ3v) is 2.23. The fourth-order valence-electron chi connectivity index (χ4n) is 1.16. The number of hydrogen-bond donors (Lipinski definition) is 2. The summed E-state index contributed by atoms with van der Waals surface area (Å²) in [6, 6.07) is 0. The van der Waals surface area contributed by atoms with Crippen LogP contribution in [0.1, 0.15) is 6.42 Å². The van der Waals surface area contributed by atoms with Gasteiger partial charge < -0.3 is 16.0 Å². The molecule has 1 heterocycles. The quantitative estimate of drug-likeness (QED) is 0.648. The molecular weight excluding hydrogens is 224 g/mol. The van der Waals surface area contributed by atoms with Crippen LogP contribution in [0.3, 0.4) is 0 Å². The van der Waals surface area contributed by atoms with Gasteiger partial charge in [-0.05, 0) is 0 Å². The topological polar surface area (TPSA) is 106 Å². The second kappa shape index (κ2) is 5.83. The number of amides is 2. The average Bonchev–Trinajstić information content (AvgIpc) is 2.70. The summed E-state index contributed by atoms with van der Waals surface area (Å²) >= 11 is 0. The first-order chi connectivity index (χ1) is 8.02. The average molecular weight is 240 g/mol. The fraction of sp³-hybridized carbons (Fsp3) is 0.556. The first-order valence-electron chi connectivity index (χ1n) is 5.12. The number of nitrogens with two attached hydrogens (primary N) is 1. The maximum absolute atomic E-state index is 11.7. The smallest absolute Gasteiger partial charge is 0.244 e. The van der Waals surface area contributed by atoms with Gasteiger partial charge >= 0.3 is 0 Å². The maximum Gasteiger partial charge on any atom is 0.244 e. The molecule has 2 amide bonds. The van der Waals surface area contributed by atoms with Gasteiger partial charge in [0.1, 0.15) is 12.9 Å². The van der Waals surface area contributed by atoms with Crippen LogP contribution in [-0.2, 0) is 16.1 Å². The summed E-state index contributed by atoms with van der Waals surface area (Å²) < 4.78 is 1.36. The van der Waals surface area contributed by atoms with Gasteiger partial charge in [-0.2, -0.15) is 0 Å². The molecule has 8 nitrogen and oxygen atoms in total. The predicted octanol–water partition coefficient (Wildman–Crippen LogP) is -1.55. The van der Waals surface area contributed by atoms with Crippen molar-refractivity contribution in [2.45, 2.75) is 13.0 Å². The highest BCUT2D eigenvalue weighted by molar-refractivity contribution is 5.78. The molecule has 3 N–H and O–H groups in total. The Bertz CT molecular complexity index is 402. The molecule has 0 radical (unpaired) electrons. The zero-order valence-corrected chi connectivity index (χ0v) is 9.88. The zero-order chi connectivity index (χ0) is 12.8. The van der Waals surface area contributed by atoms with E-state index in [1.807, 2.05) is 0 Å². The number of aromatic nitrogens is 3. The lowest BCUT2D eigenvalue weighted by atomic mass is 10.3. The summed E-state index contributed by atoms with van der Waals surface area (Å²) in [5, 5.41) is 6.29. The van der Waals surface area contributed by atoms with Crippen molar-refractivity contribution in [2.24, 2.45) is 0 Å². The lowest BCUT2D eigenvalue weighted by Crippen LogP contribution is -2.33. The van der Waals surface area contributed by atoms with Crippen LogP contribution >= 0.6 is 0 Å². The van der Waals surface area contributed by atoms with Crippen LogP contribution in [0, 0.1) is 0 Å². The Hall–Kier alpha value is -2.12. The number of rotatable bonds is 5. The first-order valence-corrected chi connectivity index (χ1v) is 5.12. The minimum atomic E-state index is -0.154. The highest BCUT2D eigenvalue weighted by atomic mass is 16.2. The molecule has 0 atom stereocenters. The molecular formula is C9H16N6O2. The second-order valence-electron chi connectivity index (χ2n) is 3.54. The first kappa shape index (κ1) is 12.9. The van der Waals surface area contributed by atoms with Crippen molar-refractivity contribution in [3.05, 3.63) is 6.33 Å². The minimum Gasteiger partial charge on any atom is -0.367 e. The molecule has 0 bridgehead atoms. The second-order valence-corrected chi connectivity index (χ2v) is 3.54. The van der Waals surface area contributed by atoms with Crippen LogP contribution in [0.15, 0.2) is 6.33 Å². The number of nitrogens with one attached hydrogen (secondary N) is 1. The van der Waals surface area contributed by atoms with E-state index in [1.54, 1.807) is 14.1 Å². The molecule has 17 heavy (non-hydrogen) atoms. The Morgan fingerprint density at radius 1 is 1.59 bits per heavy atom. The number of carbonyl (C=O) groups is 2. The number of anilines is 1. The van der Waals surface area contributed by atoms with Crippen LogP contribution in [0.5, 0.6) is 0 Å². The molecule has 1 rings (SSSR count). The number of nitrogen functional groups attached to an aromatic ring is 1. The molecule has 0 fully saturated rings. The zero-order valence-electron chi connectivity index (χ0n) is 9.88. The van der Waals surface area contributed by atoms with Gasteiger partial charge in [-0.15, -0.1) is 5.10 Å². The van der Waals surface area contributed by atoms with Gasteiger partial charge in [0, 0.05) is 27.1 Å². The van der Waals surface area contributed by atoms with Crippen LogP contribution in [0.2, 0.25) is 0 Å². The lowest BCUT2D eigenvalue weighted by Gasteiger charge is -2.16. The van der Waals surface area contributed by atoms with E-state index in [0.29, 0.717) is 6.54 Å². The van der Waals surface area contributed by atoms with Crippen LogP contribution in [0.25, 0.3) is 0 Å². The Morgan fingerprint density at radius 2 is 2.29 bits per heavy atom. The van der Waals surface area contributed by atoms with Gasteiger partial charge in [-0.1, -0.05) is 0 Å². The summed E-state index contributed by atoms with van der Waals surface area (Å²) in [7, 11) is 3.19. The maximum atomic E-state index is 11.7. The van der Waals surface area contributed by atoms with Crippen molar-refractivity contribution < 1.29 is 9.59 Å². The molecule has 0 aliphatic heterocycles. The summed E-state index contributed by atoms with van der Waals surface area (Å²) in [6.07, 6.45) is 1.66. The van der Waals surface area contributed by atoms with Crippen molar-refractivity contribution in [3.63, 3.8) is 0 Å². The monoisotopic (exact) mass is 240 g/mol. The minimum absolute atomic E-state index is 0.0639. The van der Waals surface area contributed by atoms with Crippen LogP contribution in [0.4, 0.5) is 5.95 Å². The Morgan fingerprint density at radius 3 is 2.82 bits per heavy atom. The van der Waals surface area contributed by atoms with Crippen LogP contribution in [-0.4, -0.2) is 52.1 Å². The van der Waals surface area contributed by atoms with E-state index < -0.39 is 0 Å². The fourth-order valence-corrected chi connectivity index (χ4v) is 1.16. The highest BCUT2D eigenvalue weighted by Gasteiger charge is 2.11. The summed E-state index contributed by atoms with van der Waals surface area (Å²) in [4.78, 5) is 27.9. The van der Waals surface area contributed by atoms with Crippen molar-refractivity contribution in [1.82, 2.24) is 25.0 Å². The van der Waals surface area contributed by atoms with Gasteiger partial charge in [0.15, 0.2) is 0 Å². The number of carbonyl (C=O) groups excluding carboxylic acids is 2. The van der Waals surface area contributed by atoms with Crippen molar-refractivity contribution in [3.8, 4) is 0 Å². The van der Waals surface area contributed by atoms with Crippen LogP contribution < -0.4 is 11.1 Å². The van der Waals surface area contributed by atoms with E-state index in [9.17, 15) is 9.59 Å². The van der Waals surface area contributed by atoms with E-state index in [0.717, 1.165) is 0 Å². The summed E-state index contributed by atoms with van der Waals surface area (Å²) in [5.74, 6) is -0.126. The summed E-state index contributed by atoms with van der Waals surface area (Å²) in [6.45, 7) is 0.428. The van der Waals surface area contributed by atoms with Gasteiger partial charge in [0.2, 0.25) is 17.8 Å². The molecule has 8 heteroatoms. The molecule has 94 valence electrons. The van der Waals surface area contributed by atoms with E-state index in [4.69, 9.17) is 5.73 Å². The molecule has 0 aliphatic carbocycles. The normalized spacial score (nSPS) is 10.0. The Labute approximate surface area is 98.8 Å². The molecule has 0 unspecified atom stereocenters. The predicted molar refractivity (Wildman–Crippen MR) is 60.8 cm³/mol. The van der Waals surface area contributed by atoms with Gasteiger partial charge in [0.05, 0.1) is 0 Å². The number of hydrogen-bond acceptors (Lipinski definition) is 5. The number of likely N-dealkylation sites (N-methyl/N-ethyl adjacent to an activating group) is 1. The number of nitrogens with zero attached hydrogens (tertiary/aromatic N) is 4. The summed E-state index contributed by atoms with van der Waals surface area (Å²) in [5.41, 5.74) is 5.33. The van der Waals surface area contributed by atoms with Crippen molar-refractivity contribution in [1.29, 1.82) is 0 Å². The standard InChI is InChI=1S/C9H16N6O2/c1-11-7(16)3-4-14(2)8(17)5-15-6-12-9(10)13-15/h6H,3-5H2,1-2H3,(H2,10,13)(H,11,16). The Kier molecular flexibility index (Phi) is 4.44. The highest BCUT2D eigenvalue weighted by Crippen LogP contribution is 1.94. The van der Waals surface area contributed by atoms with Gasteiger partial charge in [-0.3, -0.25) is 9.59 Å². The largest absolute Gasteiger partial charge is 0.367 e.